The molecule has 0 saturated heterocycles. The van der Waals surface area contributed by atoms with Crippen molar-refractivity contribution in [3.63, 3.8) is 0 Å². The fourth-order valence-electron chi connectivity index (χ4n) is 1.46. The van der Waals surface area contributed by atoms with Gasteiger partial charge in [0.05, 0.1) is 11.7 Å². The van der Waals surface area contributed by atoms with Crippen LogP contribution in [-0.4, -0.2) is 37.2 Å². The van der Waals surface area contributed by atoms with Crippen molar-refractivity contribution >= 4 is 11.7 Å². The van der Waals surface area contributed by atoms with Crippen molar-refractivity contribution in [3.8, 4) is 0 Å². The number of aromatic nitrogens is 1. The van der Waals surface area contributed by atoms with E-state index in [4.69, 9.17) is 4.74 Å². The van der Waals surface area contributed by atoms with Crippen LogP contribution in [0.1, 0.15) is 30.6 Å². The Bertz CT molecular complexity index is 380. The molecule has 0 unspecified atom stereocenters. The van der Waals surface area contributed by atoms with Crippen molar-refractivity contribution in [2.75, 3.05) is 25.5 Å². The third-order valence-corrected chi connectivity index (χ3v) is 2.34. The molecule has 0 aliphatic heterocycles. The number of ether oxygens (including phenoxy) is 1. The Hall–Kier alpha value is -1.62. The zero-order valence-electron chi connectivity index (χ0n) is 11.2. The average Bonchev–Trinajstić information content (AvgIpc) is 2.37. The first-order chi connectivity index (χ1) is 8.65. The lowest BCUT2D eigenvalue weighted by molar-refractivity contribution is 0.0787. The SMILES string of the molecule is CNC(=O)c1cccnc1NCCCOC(C)C. The molecule has 1 heterocycles. The summed E-state index contributed by atoms with van der Waals surface area (Å²) in [6.07, 6.45) is 2.79. The minimum absolute atomic E-state index is 0.135. The van der Waals surface area contributed by atoms with Gasteiger partial charge in [0, 0.05) is 26.4 Å². The van der Waals surface area contributed by atoms with Crippen LogP contribution in [0.2, 0.25) is 0 Å². The summed E-state index contributed by atoms with van der Waals surface area (Å²) in [5.74, 6) is 0.477. The van der Waals surface area contributed by atoms with E-state index >= 15 is 0 Å². The second kappa shape index (κ2) is 7.66. The van der Waals surface area contributed by atoms with Crippen molar-refractivity contribution in [3.05, 3.63) is 23.9 Å². The van der Waals surface area contributed by atoms with Gasteiger partial charge < -0.3 is 15.4 Å². The van der Waals surface area contributed by atoms with Gasteiger partial charge in [0.15, 0.2) is 0 Å². The van der Waals surface area contributed by atoms with Crippen LogP contribution >= 0.6 is 0 Å². The zero-order chi connectivity index (χ0) is 13.4. The van der Waals surface area contributed by atoms with Gasteiger partial charge in [-0.1, -0.05) is 0 Å². The molecule has 1 aromatic heterocycles. The van der Waals surface area contributed by atoms with E-state index in [1.165, 1.54) is 0 Å². The molecule has 100 valence electrons. The van der Waals surface area contributed by atoms with Crippen molar-refractivity contribution in [1.82, 2.24) is 10.3 Å². The molecule has 0 aliphatic carbocycles. The highest BCUT2D eigenvalue weighted by molar-refractivity contribution is 5.98. The molecule has 0 radical (unpaired) electrons. The number of carbonyl (C=O) groups is 1. The molecular weight excluding hydrogens is 230 g/mol. The van der Waals surface area contributed by atoms with Crippen LogP contribution in [-0.2, 0) is 4.74 Å². The van der Waals surface area contributed by atoms with Crippen molar-refractivity contribution in [2.24, 2.45) is 0 Å². The predicted octanol–water partition coefficient (Wildman–Crippen LogP) is 1.67. The highest BCUT2D eigenvalue weighted by Gasteiger charge is 2.09. The molecule has 0 atom stereocenters. The van der Waals surface area contributed by atoms with Crippen LogP contribution in [0.15, 0.2) is 18.3 Å². The molecule has 0 fully saturated rings. The number of carbonyl (C=O) groups excluding carboxylic acids is 1. The van der Waals surface area contributed by atoms with Gasteiger partial charge >= 0.3 is 0 Å². The average molecular weight is 251 g/mol. The van der Waals surface area contributed by atoms with E-state index in [-0.39, 0.29) is 12.0 Å². The van der Waals surface area contributed by atoms with Crippen molar-refractivity contribution < 1.29 is 9.53 Å². The largest absolute Gasteiger partial charge is 0.379 e. The fourth-order valence-corrected chi connectivity index (χ4v) is 1.46. The molecule has 5 heteroatoms. The standard InChI is InChI=1S/C13H21N3O2/c1-10(2)18-9-5-8-16-12-11(13(17)14-3)6-4-7-15-12/h4,6-7,10H,5,8-9H2,1-3H3,(H,14,17)(H,15,16). The van der Waals surface area contributed by atoms with E-state index in [1.807, 2.05) is 13.8 Å². The van der Waals surface area contributed by atoms with Crippen LogP contribution in [0.4, 0.5) is 5.82 Å². The van der Waals surface area contributed by atoms with Gasteiger partial charge in [0.2, 0.25) is 0 Å². The molecule has 1 aromatic rings. The molecule has 1 rings (SSSR count). The number of anilines is 1. The lowest BCUT2D eigenvalue weighted by atomic mass is 10.2. The molecule has 0 aromatic carbocycles. The normalized spacial score (nSPS) is 10.4. The third kappa shape index (κ3) is 4.71. The third-order valence-electron chi connectivity index (χ3n) is 2.34. The predicted molar refractivity (Wildman–Crippen MR) is 71.8 cm³/mol. The monoisotopic (exact) mass is 251 g/mol. The summed E-state index contributed by atoms with van der Waals surface area (Å²) < 4.78 is 5.44. The Balaban J connectivity index is 2.44. The summed E-state index contributed by atoms with van der Waals surface area (Å²) in [4.78, 5) is 15.8. The number of hydrogen-bond acceptors (Lipinski definition) is 4. The maximum Gasteiger partial charge on any atom is 0.254 e. The van der Waals surface area contributed by atoms with Gasteiger partial charge in [0.1, 0.15) is 5.82 Å². The lowest BCUT2D eigenvalue weighted by Gasteiger charge is -2.10. The number of hydrogen-bond donors (Lipinski definition) is 2. The number of nitrogens with zero attached hydrogens (tertiary/aromatic N) is 1. The van der Waals surface area contributed by atoms with E-state index in [0.29, 0.717) is 18.0 Å². The second-order valence-corrected chi connectivity index (χ2v) is 4.18. The zero-order valence-corrected chi connectivity index (χ0v) is 11.2. The smallest absolute Gasteiger partial charge is 0.254 e. The van der Waals surface area contributed by atoms with Gasteiger partial charge in [-0.25, -0.2) is 4.98 Å². The Morgan fingerprint density at radius 1 is 1.50 bits per heavy atom. The summed E-state index contributed by atoms with van der Waals surface area (Å²) in [6.45, 7) is 5.45. The first-order valence-electron chi connectivity index (χ1n) is 6.17. The van der Waals surface area contributed by atoms with Crippen LogP contribution < -0.4 is 10.6 Å². The molecular formula is C13H21N3O2. The highest BCUT2D eigenvalue weighted by Crippen LogP contribution is 2.10. The number of pyridine rings is 1. The Morgan fingerprint density at radius 3 is 2.94 bits per heavy atom. The van der Waals surface area contributed by atoms with E-state index in [0.717, 1.165) is 13.0 Å². The Labute approximate surface area is 108 Å². The van der Waals surface area contributed by atoms with Crippen LogP contribution in [0.25, 0.3) is 0 Å². The van der Waals surface area contributed by atoms with E-state index in [1.54, 1.807) is 25.4 Å². The molecule has 5 nitrogen and oxygen atoms in total. The molecule has 0 saturated carbocycles. The van der Waals surface area contributed by atoms with Gasteiger partial charge in [-0.3, -0.25) is 4.79 Å². The van der Waals surface area contributed by atoms with Crippen LogP contribution in [0.5, 0.6) is 0 Å². The van der Waals surface area contributed by atoms with Gasteiger partial charge in [-0.05, 0) is 32.4 Å². The molecule has 0 aliphatic rings. The number of amides is 1. The summed E-state index contributed by atoms with van der Waals surface area (Å²) in [6, 6.07) is 3.50. The number of nitrogens with one attached hydrogen (secondary N) is 2. The molecule has 0 bridgehead atoms. The summed E-state index contributed by atoms with van der Waals surface area (Å²) in [5.41, 5.74) is 0.560. The van der Waals surface area contributed by atoms with Crippen LogP contribution in [0.3, 0.4) is 0 Å². The quantitative estimate of drug-likeness (QED) is 0.724. The maximum absolute atomic E-state index is 11.6. The van der Waals surface area contributed by atoms with E-state index < -0.39 is 0 Å². The summed E-state index contributed by atoms with van der Waals surface area (Å²) in [5, 5.41) is 5.74. The first-order valence-corrected chi connectivity index (χ1v) is 6.17. The van der Waals surface area contributed by atoms with Gasteiger partial charge in [-0.2, -0.15) is 0 Å². The van der Waals surface area contributed by atoms with Crippen molar-refractivity contribution in [2.45, 2.75) is 26.4 Å². The van der Waals surface area contributed by atoms with Crippen molar-refractivity contribution in [1.29, 1.82) is 0 Å². The van der Waals surface area contributed by atoms with E-state index in [9.17, 15) is 4.79 Å². The maximum atomic E-state index is 11.6. The minimum Gasteiger partial charge on any atom is -0.379 e. The first kappa shape index (κ1) is 14.4. The molecule has 18 heavy (non-hydrogen) atoms. The highest BCUT2D eigenvalue weighted by atomic mass is 16.5. The second-order valence-electron chi connectivity index (χ2n) is 4.18. The molecule has 0 spiro atoms. The van der Waals surface area contributed by atoms with Gasteiger partial charge in [-0.15, -0.1) is 0 Å². The summed E-state index contributed by atoms with van der Waals surface area (Å²) >= 11 is 0. The molecule has 1 amide bonds. The Kier molecular flexibility index (Phi) is 6.14. The molecule has 2 N–H and O–H groups in total. The summed E-state index contributed by atoms with van der Waals surface area (Å²) in [7, 11) is 1.61. The lowest BCUT2D eigenvalue weighted by Crippen LogP contribution is -2.20. The topological polar surface area (TPSA) is 63.2 Å². The fraction of sp³-hybridized carbons (Fsp3) is 0.538. The minimum atomic E-state index is -0.135. The van der Waals surface area contributed by atoms with Gasteiger partial charge in [0.25, 0.3) is 5.91 Å². The number of rotatable bonds is 7. The Morgan fingerprint density at radius 2 is 2.28 bits per heavy atom. The van der Waals surface area contributed by atoms with E-state index in [2.05, 4.69) is 15.6 Å². The van der Waals surface area contributed by atoms with Crippen LogP contribution in [0, 0.1) is 0 Å².